The zero-order valence-electron chi connectivity index (χ0n) is 14.3. The van der Waals surface area contributed by atoms with E-state index in [1.807, 2.05) is 48.3 Å². The monoisotopic (exact) mass is 325 g/mol. The number of benzene rings is 1. The van der Waals surface area contributed by atoms with Gasteiger partial charge in [-0.05, 0) is 50.2 Å². The van der Waals surface area contributed by atoms with Crippen molar-refractivity contribution in [3.8, 4) is 5.75 Å². The van der Waals surface area contributed by atoms with Crippen LogP contribution >= 0.6 is 0 Å². The van der Waals surface area contributed by atoms with E-state index in [1.54, 1.807) is 19.5 Å². The first-order valence-corrected chi connectivity index (χ1v) is 8.19. The van der Waals surface area contributed by atoms with Crippen molar-refractivity contribution in [1.82, 2.24) is 9.88 Å². The van der Waals surface area contributed by atoms with E-state index in [2.05, 4.69) is 16.8 Å². The van der Waals surface area contributed by atoms with E-state index in [1.165, 1.54) is 0 Å². The molecule has 1 aromatic heterocycles. The second-order valence-corrected chi connectivity index (χ2v) is 6.09. The van der Waals surface area contributed by atoms with Crippen LogP contribution in [0.3, 0.4) is 0 Å². The maximum absolute atomic E-state index is 13.0. The zero-order chi connectivity index (χ0) is 17.1. The number of anilines is 1. The van der Waals surface area contributed by atoms with Gasteiger partial charge in [-0.25, -0.2) is 0 Å². The molecule has 0 unspecified atom stereocenters. The van der Waals surface area contributed by atoms with Gasteiger partial charge in [-0.3, -0.25) is 14.7 Å². The van der Waals surface area contributed by atoms with E-state index >= 15 is 0 Å². The number of hydrogen-bond donors (Lipinski definition) is 0. The molecule has 2 atom stereocenters. The predicted molar refractivity (Wildman–Crippen MR) is 94.2 cm³/mol. The molecule has 0 bridgehead atoms. The van der Waals surface area contributed by atoms with Crippen molar-refractivity contribution >= 4 is 11.6 Å². The number of ether oxygens (including phenoxy) is 1. The lowest BCUT2D eigenvalue weighted by molar-refractivity contribution is -0.121. The largest absolute Gasteiger partial charge is 0.495 e. The third kappa shape index (κ3) is 2.99. The van der Waals surface area contributed by atoms with Gasteiger partial charge in [0.25, 0.3) is 0 Å². The molecule has 2 aromatic rings. The van der Waals surface area contributed by atoms with E-state index in [9.17, 15) is 4.79 Å². The standard InChI is InChI=1S/C19H23N3O2/c1-14(15-8-11-20-12-9-15)21(2)17-10-13-22(19(17)23)16-6-4-5-7-18(16)24-3/h4-9,11-12,14,17H,10,13H2,1-3H3/t14-,17-/m0/s1. The first-order valence-electron chi connectivity index (χ1n) is 8.19. The molecule has 0 spiro atoms. The summed E-state index contributed by atoms with van der Waals surface area (Å²) in [6.45, 7) is 2.83. The normalized spacial score (nSPS) is 18.9. The molecule has 3 rings (SSSR count). The number of rotatable bonds is 5. The quantitative estimate of drug-likeness (QED) is 0.848. The molecule has 24 heavy (non-hydrogen) atoms. The molecule has 0 saturated carbocycles. The number of likely N-dealkylation sites (N-methyl/N-ethyl adjacent to an activating group) is 1. The van der Waals surface area contributed by atoms with Gasteiger partial charge in [0.1, 0.15) is 5.75 Å². The number of carbonyl (C=O) groups is 1. The van der Waals surface area contributed by atoms with E-state index in [4.69, 9.17) is 4.74 Å². The minimum atomic E-state index is -0.127. The zero-order valence-corrected chi connectivity index (χ0v) is 14.3. The molecule has 1 saturated heterocycles. The fourth-order valence-corrected chi connectivity index (χ4v) is 3.28. The summed E-state index contributed by atoms with van der Waals surface area (Å²) in [5.74, 6) is 0.860. The molecule has 1 aromatic carbocycles. The van der Waals surface area contributed by atoms with Gasteiger partial charge < -0.3 is 9.64 Å². The first-order chi connectivity index (χ1) is 11.6. The van der Waals surface area contributed by atoms with Gasteiger partial charge >= 0.3 is 0 Å². The van der Waals surface area contributed by atoms with Crippen LogP contribution in [0.15, 0.2) is 48.8 Å². The maximum atomic E-state index is 13.0. The van der Waals surface area contributed by atoms with Crippen LogP contribution < -0.4 is 9.64 Å². The Balaban J connectivity index is 1.79. The van der Waals surface area contributed by atoms with E-state index in [0.717, 1.165) is 23.4 Å². The number of nitrogens with zero attached hydrogens (tertiary/aromatic N) is 3. The minimum absolute atomic E-state index is 0.127. The first kappa shape index (κ1) is 16.5. The summed E-state index contributed by atoms with van der Waals surface area (Å²) in [4.78, 5) is 21.0. The summed E-state index contributed by atoms with van der Waals surface area (Å²) >= 11 is 0. The van der Waals surface area contributed by atoms with Crippen molar-refractivity contribution in [3.05, 3.63) is 54.4 Å². The lowest BCUT2D eigenvalue weighted by atomic mass is 10.1. The van der Waals surface area contributed by atoms with Crippen LogP contribution in [0.25, 0.3) is 0 Å². The molecule has 1 amide bonds. The molecule has 2 heterocycles. The average Bonchev–Trinajstić information content (AvgIpc) is 3.02. The molecule has 0 N–H and O–H groups in total. The minimum Gasteiger partial charge on any atom is -0.495 e. The molecule has 5 nitrogen and oxygen atoms in total. The molecule has 0 radical (unpaired) electrons. The van der Waals surface area contributed by atoms with E-state index in [-0.39, 0.29) is 18.0 Å². The van der Waals surface area contributed by atoms with Gasteiger partial charge in [0.2, 0.25) is 5.91 Å². The smallest absolute Gasteiger partial charge is 0.244 e. The number of aromatic nitrogens is 1. The molecule has 126 valence electrons. The number of carbonyl (C=O) groups excluding carboxylic acids is 1. The Kier molecular flexibility index (Phi) is 4.81. The Morgan fingerprint density at radius 2 is 1.96 bits per heavy atom. The number of para-hydroxylation sites is 2. The lowest BCUT2D eigenvalue weighted by Crippen LogP contribution is -2.41. The Labute approximate surface area is 142 Å². The van der Waals surface area contributed by atoms with Crippen LogP contribution in [0.4, 0.5) is 5.69 Å². The summed E-state index contributed by atoms with van der Waals surface area (Å²) in [5.41, 5.74) is 2.01. The van der Waals surface area contributed by atoms with E-state index in [0.29, 0.717) is 6.54 Å². The third-order valence-corrected chi connectivity index (χ3v) is 4.84. The maximum Gasteiger partial charge on any atom is 0.244 e. The van der Waals surface area contributed by atoms with Gasteiger partial charge in [-0.15, -0.1) is 0 Å². The summed E-state index contributed by atoms with van der Waals surface area (Å²) in [6, 6.07) is 11.7. The van der Waals surface area contributed by atoms with Crippen molar-refractivity contribution in [2.75, 3.05) is 25.6 Å². The van der Waals surface area contributed by atoms with Gasteiger partial charge in [-0.1, -0.05) is 12.1 Å². The van der Waals surface area contributed by atoms with Crippen molar-refractivity contribution in [2.45, 2.75) is 25.4 Å². The summed E-state index contributed by atoms with van der Waals surface area (Å²) in [5, 5.41) is 0. The highest BCUT2D eigenvalue weighted by atomic mass is 16.5. The molecule has 1 aliphatic rings. The summed E-state index contributed by atoms with van der Waals surface area (Å²) < 4.78 is 5.40. The molecular formula is C19H23N3O2. The van der Waals surface area contributed by atoms with Crippen molar-refractivity contribution in [3.63, 3.8) is 0 Å². The second-order valence-electron chi connectivity index (χ2n) is 6.09. The highest BCUT2D eigenvalue weighted by Gasteiger charge is 2.37. The SMILES string of the molecule is COc1ccccc1N1CC[C@H](N(C)[C@@H](C)c2ccncc2)C1=O. The molecule has 1 aliphatic heterocycles. The molecule has 0 aliphatic carbocycles. The number of amides is 1. The highest BCUT2D eigenvalue weighted by Crippen LogP contribution is 2.33. The van der Waals surface area contributed by atoms with Gasteiger partial charge in [0.15, 0.2) is 0 Å². The van der Waals surface area contributed by atoms with E-state index < -0.39 is 0 Å². The second kappa shape index (κ2) is 7.01. The number of methoxy groups -OCH3 is 1. The van der Waals surface area contributed by atoms with Crippen LogP contribution in [-0.2, 0) is 4.79 Å². The van der Waals surface area contributed by atoms with Gasteiger partial charge in [-0.2, -0.15) is 0 Å². The van der Waals surface area contributed by atoms with Crippen LogP contribution in [-0.4, -0.2) is 42.5 Å². The lowest BCUT2D eigenvalue weighted by Gasteiger charge is -2.30. The molecular weight excluding hydrogens is 302 g/mol. The number of pyridine rings is 1. The number of hydrogen-bond acceptors (Lipinski definition) is 4. The Hall–Kier alpha value is -2.40. The average molecular weight is 325 g/mol. The Morgan fingerprint density at radius 1 is 1.25 bits per heavy atom. The van der Waals surface area contributed by atoms with Crippen LogP contribution in [0.1, 0.15) is 24.9 Å². The fourth-order valence-electron chi connectivity index (χ4n) is 3.28. The van der Waals surface area contributed by atoms with Gasteiger partial charge in [0, 0.05) is 25.0 Å². The van der Waals surface area contributed by atoms with Crippen LogP contribution in [0, 0.1) is 0 Å². The highest BCUT2D eigenvalue weighted by molar-refractivity contribution is 6.00. The molecule has 1 fully saturated rings. The predicted octanol–water partition coefficient (Wildman–Crippen LogP) is 2.89. The Morgan fingerprint density at radius 3 is 2.67 bits per heavy atom. The van der Waals surface area contributed by atoms with Gasteiger partial charge in [0.05, 0.1) is 18.8 Å². The Bertz CT molecular complexity index is 705. The third-order valence-electron chi connectivity index (χ3n) is 4.84. The summed E-state index contributed by atoms with van der Waals surface area (Å²) in [7, 11) is 3.65. The van der Waals surface area contributed by atoms with Crippen LogP contribution in [0.5, 0.6) is 5.75 Å². The van der Waals surface area contributed by atoms with Crippen molar-refractivity contribution < 1.29 is 9.53 Å². The van der Waals surface area contributed by atoms with Crippen LogP contribution in [0.2, 0.25) is 0 Å². The molecule has 5 heteroatoms. The fraction of sp³-hybridized carbons (Fsp3) is 0.368. The van der Waals surface area contributed by atoms with Crippen molar-refractivity contribution in [2.24, 2.45) is 0 Å². The van der Waals surface area contributed by atoms with Crippen molar-refractivity contribution in [1.29, 1.82) is 0 Å². The topological polar surface area (TPSA) is 45.7 Å². The summed E-state index contributed by atoms with van der Waals surface area (Å²) in [6.07, 6.45) is 4.39.